The molecule has 0 amide bonds. The molecule has 2 nitrogen and oxygen atoms in total. The molecule has 1 unspecified atom stereocenters. The molecule has 218 valence electrons. The second-order valence-electron chi connectivity index (χ2n) is 11.3. The lowest BCUT2D eigenvalue weighted by atomic mass is 9.37. The smallest absolute Gasteiger partial charge is 0.241 e. The second kappa shape index (κ2) is 15.7. The molecule has 1 heterocycles. The summed E-state index contributed by atoms with van der Waals surface area (Å²) in [7, 11) is -1.26. The van der Waals surface area contributed by atoms with Crippen LogP contribution in [0.2, 0.25) is 12.6 Å². The minimum atomic E-state index is -1.26. The Balaban J connectivity index is 0.000000181. The maximum Gasteiger partial charge on any atom is 0.241 e. The normalized spacial score (nSPS) is 11.6. The van der Waals surface area contributed by atoms with Gasteiger partial charge in [-0.3, -0.25) is 0 Å². The van der Waals surface area contributed by atoms with E-state index in [4.69, 9.17) is 0 Å². The van der Waals surface area contributed by atoms with Crippen molar-refractivity contribution in [3.8, 4) is 0 Å². The Morgan fingerprint density at radius 1 is 0.659 bits per heavy atom. The Morgan fingerprint density at radius 3 is 1.43 bits per heavy atom. The average Bonchev–Trinajstić information content (AvgIpc) is 3.64. The van der Waals surface area contributed by atoms with E-state index in [2.05, 4.69) is 181 Å². The third-order valence-corrected chi connectivity index (χ3v) is 12.2. The molecule has 6 aromatic rings. The largest absolute Gasteiger partial charge is 0.326 e. The van der Waals surface area contributed by atoms with Gasteiger partial charge in [0.2, 0.25) is 6.71 Å². The molecule has 5 aromatic carbocycles. The van der Waals surface area contributed by atoms with Gasteiger partial charge < -0.3 is 4.57 Å². The maximum atomic E-state index is 4.39. The molecule has 0 saturated heterocycles. The van der Waals surface area contributed by atoms with Gasteiger partial charge in [0.15, 0.2) is 0 Å². The number of aromatic nitrogens is 2. The molecular weight excluding hydrogens is 547 g/mol. The predicted molar refractivity (Wildman–Crippen MR) is 193 cm³/mol. The van der Waals surface area contributed by atoms with Crippen molar-refractivity contribution in [3.05, 3.63) is 194 Å². The van der Waals surface area contributed by atoms with Gasteiger partial charge >= 0.3 is 0 Å². The Morgan fingerprint density at radius 2 is 1.07 bits per heavy atom. The van der Waals surface area contributed by atoms with E-state index in [9.17, 15) is 0 Å². The molecule has 1 aromatic heterocycles. The summed E-state index contributed by atoms with van der Waals surface area (Å²) >= 11 is 0. The van der Waals surface area contributed by atoms with Crippen LogP contribution in [-0.4, -0.2) is 25.1 Å². The highest BCUT2D eigenvalue weighted by molar-refractivity contribution is 6.95. The molecule has 0 fully saturated rings. The number of hydrogen-bond acceptors (Lipinski definition) is 1. The van der Waals surface area contributed by atoms with Crippen molar-refractivity contribution in [1.29, 1.82) is 0 Å². The zero-order valence-corrected chi connectivity index (χ0v) is 26.8. The summed E-state index contributed by atoms with van der Waals surface area (Å²) in [5, 5.41) is -0.125. The number of allylic oxidation sites excluding steroid dienone is 1. The van der Waals surface area contributed by atoms with Crippen molar-refractivity contribution >= 4 is 31.9 Å². The maximum absolute atomic E-state index is 4.39. The van der Waals surface area contributed by atoms with Gasteiger partial charge in [-0.25, -0.2) is 4.98 Å². The molecule has 1 atom stereocenters. The number of benzene rings is 5. The summed E-state index contributed by atoms with van der Waals surface area (Å²) in [6.45, 7) is 6.68. The number of hydrogen-bond donors (Lipinski definition) is 0. The van der Waals surface area contributed by atoms with E-state index in [0.29, 0.717) is 6.71 Å². The van der Waals surface area contributed by atoms with Gasteiger partial charge in [-0.2, -0.15) is 0 Å². The number of nitrogens with zero attached hydrogens (tertiary/aromatic N) is 2. The van der Waals surface area contributed by atoms with Gasteiger partial charge in [0, 0.05) is 12.4 Å². The van der Waals surface area contributed by atoms with Crippen molar-refractivity contribution in [2.75, 3.05) is 0 Å². The lowest BCUT2D eigenvalue weighted by molar-refractivity contribution is 0.578. The molecule has 0 aliphatic carbocycles. The summed E-state index contributed by atoms with van der Waals surface area (Å²) < 4.78 is 2.34. The van der Waals surface area contributed by atoms with Crippen molar-refractivity contribution in [3.63, 3.8) is 0 Å². The molecule has 44 heavy (non-hydrogen) atoms. The summed E-state index contributed by atoms with van der Waals surface area (Å²) in [4.78, 5) is 4.39. The van der Waals surface area contributed by atoms with Gasteiger partial charge in [-0.05, 0) is 17.5 Å². The Labute approximate surface area is 265 Å². The quantitative estimate of drug-likeness (QED) is 0.0887. The topological polar surface area (TPSA) is 17.8 Å². The molecule has 0 spiro atoms. The minimum Gasteiger partial charge on any atom is -0.326 e. The fourth-order valence-electron chi connectivity index (χ4n) is 6.43. The van der Waals surface area contributed by atoms with E-state index in [1.165, 1.54) is 40.0 Å². The SMILES string of the molecule is C=CCCC[SiH](C)C(c1ccccc1)(c1ccccc1)n1ccnc1.c1ccc(B(c2ccccc2)c2ccccc2)cc1. The molecule has 4 heteroatoms. The first kappa shape index (κ1) is 30.8. The van der Waals surface area contributed by atoms with Crippen LogP contribution < -0.4 is 16.4 Å². The molecule has 0 aliphatic rings. The zero-order valence-electron chi connectivity index (χ0n) is 25.6. The van der Waals surface area contributed by atoms with Crippen LogP contribution >= 0.6 is 0 Å². The van der Waals surface area contributed by atoms with Crippen LogP contribution in [0.5, 0.6) is 0 Å². The summed E-state index contributed by atoms with van der Waals surface area (Å²) in [6.07, 6.45) is 10.3. The monoisotopic (exact) mass is 588 g/mol. The number of imidazole rings is 1. The van der Waals surface area contributed by atoms with Crippen LogP contribution in [-0.2, 0) is 5.16 Å². The van der Waals surface area contributed by atoms with Gasteiger partial charge in [-0.1, -0.05) is 193 Å². The van der Waals surface area contributed by atoms with E-state index in [1.807, 2.05) is 18.6 Å². The summed E-state index contributed by atoms with van der Waals surface area (Å²) in [5.74, 6) is 0. The fourth-order valence-corrected chi connectivity index (χ4v) is 9.88. The molecule has 0 aliphatic heterocycles. The van der Waals surface area contributed by atoms with Crippen LogP contribution in [0.1, 0.15) is 24.0 Å². The molecule has 6 rings (SSSR count). The lowest BCUT2D eigenvalue weighted by Gasteiger charge is -2.41. The van der Waals surface area contributed by atoms with Crippen molar-refractivity contribution in [2.45, 2.75) is 30.6 Å². The van der Waals surface area contributed by atoms with Gasteiger partial charge in [-0.15, -0.1) is 6.58 Å². The summed E-state index contributed by atoms with van der Waals surface area (Å²) in [6, 6.07) is 55.1. The molecular formula is C40H41BN2Si. The Hall–Kier alpha value is -4.67. The summed E-state index contributed by atoms with van der Waals surface area (Å²) in [5.41, 5.74) is 6.72. The second-order valence-corrected chi connectivity index (χ2v) is 14.5. The zero-order chi connectivity index (χ0) is 30.5. The van der Waals surface area contributed by atoms with Crippen molar-refractivity contribution in [2.24, 2.45) is 0 Å². The van der Waals surface area contributed by atoms with Crippen LogP contribution in [0, 0.1) is 0 Å². The Kier molecular flexibility index (Phi) is 11.0. The standard InChI is InChI=1S/C22H26N2Si.C18H15B/c1-3-4-11-18-25(2)22(24-17-16-23-19-24,20-12-7-5-8-13-20)21-14-9-6-10-15-21;1-4-10-16(11-5-1)19(17-12-6-2-7-13-17)18-14-8-3-9-15-18/h3,5-10,12-17,19,25H,1,4,11,18H2,2H3;1-15H. The van der Waals surface area contributed by atoms with E-state index in [1.54, 1.807) is 0 Å². The number of rotatable bonds is 11. The predicted octanol–water partition coefficient (Wildman–Crippen LogP) is 7.24. The third-order valence-electron chi connectivity index (χ3n) is 8.50. The molecule has 0 bridgehead atoms. The number of unbranched alkanes of at least 4 members (excludes halogenated alkanes) is 1. The highest BCUT2D eigenvalue weighted by Gasteiger charge is 2.41. The lowest BCUT2D eigenvalue weighted by Crippen LogP contribution is -2.51. The van der Waals surface area contributed by atoms with Gasteiger partial charge in [0.25, 0.3) is 0 Å². The van der Waals surface area contributed by atoms with Crippen molar-refractivity contribution in [1.82, 2.24) is 9.55 Å². The van der Waals surface area contributed by atoms with E-state index in [-0.39, 0.29) is 5.16 Å². The first-order chi connectivity index (χ1) is 21.7. The van der Waals surface area contributed by atoms with Crippen LogP contribution in [0.4, 0.5) is 0 Å². The van der Waals surface area contributed by atoms with E-state index in [0.717, 1.165) is 6.42 Å². The van der Waals surface area contributed by atoms with E-state index < -0.39 is 8.80 Å². The van der Waals surface area contributed by atoms with Crippen molar-refractivity contribution < 1.29 is 0 Å². The highest BCUT2D eigenvalue weighted by atomic mass is 28.3. The molecule has 0 N–H and O–H groups in total. The van der Waals surface area contributed by atoms with Gasteiger partial charge in [0.1, 0.15) is 0 Å². The molecule has 0 radical (unpaired) electrons. The fraction of sp³-hybridized carbons (Fsp3) is 0.125. The first-order valence-corrected chi connectivity index (χ1v) is 18.1. The first-order valence-electron chi connectivity index (χ1n) is 15.6. The van der Waals surface area contributed by atoms with Gasteiger partial charge in [0.05, 0.1) is 20.3 Å². The van der Waals surface area contributed by atoms with Crippen LogP contribution in [0.15, 0.2) is 183 Å². The average molecular weight is 589 g/mol. The van der Waals surface area contributed by atoms with Crippen LogP contribution in [0.25, 0.3) is 0 Å². The van der Waals surface area contributed by atoms with E-state index >= 15 is 0 Å². The molecule has 0 saturated carbocycles. The third kappa shape index (κ3) is 7.10. The van der Waals surface area contributed by atoms with Crippen LogP contribution in [0.3, 0.4) is 0 Å². The Bertz CT molecular complexity index is 1510. The minimum absolute atomic E-state index is 0.125. The highest BCUT2D eigenvalue weighted by Crippen LogP contribution is 2.38.